The van der Waals surface area contributed by atoms with Gasteiger partial charge in [0.1, 0.15) is 10.6 Å². The lowest BCUT2D eigenvalue weighted by Gasteiger charge is -2.30. The molecule has 11 heteroatoms. The number of rotatable bonds is 5. The van der Waals surface area contributed by atoms with Gasteiger partial charge in [-0.1, -0.05) is 17.3 Å². The Morgan fingerprint density at radius 2 is 1.76 bits per heavy atom. The van der Waals surface area contributed by atoms with Crippen LogP contribution in [0, 0.1) is 19.8 Å². The molecular formula is C18H23N3O6S2. The van der Waals surface area contributed by atoms with Crippen LogP contribution in [0.15, 0.2) is 38.6 Å². The van der Waals surface area contributed by atoms with Crippen molar-refractivity contribution < 1.29 is 26.2 Å². The first-order valence-electron chi connectivity index (χ1n) is 9.05. The number of sulfonamides is 1. The monoisotopic (exact) mass is 441 g/mol. The summed E-state index contributed by atoms with van der Waals surface area (Å²) in [6.07, 6.45) is 1.74. The van der Waals surface area contributed by atoms with Gasteiger partial charge in [0.15, 0.2) is 15.6 Å². The number of piperidine rings is 1. The van der Waals surface area contributed by atoms with Crippen LogP contribution in [0.4, 0.5) is 5.69 Å². The van der Waals surface area contributed by atoms with Crippen molar-refractivity contribution in [1.82, 2.24) is 9.46 Å². The number of aryl methyl sites for hydroxylation is 2. The van der Waals surface area contributed by atoms with E-state index in [4.69, 9.17) is 4.52 Å². The molecule has 0 spiro atoms. The number of hydrogen-bond acceptors (Lipinski definition) is 7. The van der Waals surface area contributed by atoms with Crippen LogP contribution in [-0.4, -0.2) is 51.5 Å². The summed E-state index contributed by atoms with van der Waals surface area (Å²) >= 11 is 0. The maximum Gasteiger partial charge on any atom is 0.248 e. The van der Waals surface area contributed by atoms with E-state index in [0.717, 1.165) is 6.26 Å². The summed E-state index contributed by atoms with van der Waals surface area (Å²) in [6.45, 7) is 3.48. The number of benzene rings is 1. The van der Waals surface area contributed by atoms with Crippen LogP contribution >= 0.6 is 0 Å². The van der Waals surface area contributed by atoms with Gasteiger partial charge in [0.25, 0.3) is 0 Å². The van der Waals surface area contributed by atoms with E-state index in [1.54, 1.807) is 26.0 Å². The molecule has 1 fully saturated rings. The third-order valence-corrected chi connectivity index (χ3v) is 8.23. The fourth-order valence-corrected chi connectivity index (χ4v) is 6.06. The highest BCUT2D eigenvalue weighted by Crippen LogP contribution is 2.29. The van der Waals surface area contributed by atoms with Crippen LogP contribution < -0.4 is 5.32 Å². The van der Waals surface area contributed by atoms with Crippen molar-refractivity contribution in [2.75, 3.05) is 24.7 Å². The van der Waals surface area contributed by atoms with Gasteiger partial charge < -0.3 is 9.84 Å². The molecule has 1 aromatic heterocycles. The number of carbonyl (C=O) groups excluding carboxylic acids is 1. The molecule has 0 atom stereocenters. The van der Waals surface area contributed by atoms with Crippen LogP contribution in [0.3, 0.4) is 0 Å². The summed E-state index contributed by atoms with van der Waals surface area (Å²) in [5, 5.41) is 6.38. The molecule has 0 unspecified atom stereocenters. The number of sulfone groups is 1. The van der Waals surface area contributed by atoms with Gasteiger partial charge in [0.05, 0.1) is 10.6 Å². The van der Waals surface area contributed by atoms with Crippen molar-refractivity contribution in [3.05, 3.63) is 35.7 Å². The molecule has 1 aliphatic heterocycles. The third-order valence-electron chi connectivity index (χ3n) is 4.93. The molecule has 0 bridgehead atoms. The Morgan fingerprint density at radius 1 is 1.14 bits per heavy atom. The summed E-state index contributed by atoms with van der Waals surface area (Å²) in [7, 11) is -7.24. The number of hydrogen-bond donors (Lipinski definition) is 1. The zero-order valence-electron chi connectivity index (χ0n) is 16.4. The minimum Gasteiger partial charge on any atom is -0.360 e. The van der Waals surface area contributed by atoms with Gasteiger partial charge in [-0.15, -0.1) is 0 Å². The minimum absolute atomic E-state index is 0.0479. The van der Waals surface area contributed by atoms with Gasteiger partial charge in [0, 0.05) is 25.3 Å². The molecule has 2 aromatic rings. The average Bonchev–Trinajstić information content (AvgIpc) is 3.00. The van der Waals surface area contributed by atoms with Crippen LogP contribution in [0.5, 0.6) is 0 Å². The minimum atomic E-state index is -3.75. The second kappa shape index (κ2) is 7.88. The smallest absolute Gasteiger partial charge is 0.248 e. The van der Waals surface area contributed by atoms with Gasteiger partial charge >= 0.3 is 0 Å². The molecular weight excluding hydrogens is 418 g/mol. The number of nitrogens with zero attached hydrogens (tertiary/aromatic N) is 2. The second-order valence-corrected chi connectivity index (χ2v) is 10.9. The summed E-state index contributed by atoms with van der Waals surface area (Å²) in [4.78, 5) is 12.8. The predicted molar refractivity (Wildman–Crippen MR) is 106 cm³/mol. The van der Waals surface area contributed by atoms with Crippen LogP contribution in [0.1, 0.15) is 24.3 Å². The van der Waals surface area contributed by atoms with Gasteiger partial charge in [-0.2, -0.15) is 4.31 Å². The highest BCUT2D eigenvalue weighted by atomic mass is 32.2. The van der Waals surface area contributed by atoms with Crippen LogP contribution in [0.25, 0.3) is 0 Å². The Kier molecular flexibility index (Phi) is 5.84. The molecule has 0 aliphatic carbocycles. The first-order valence-corrected chi connectivity index (χ1v) is 12.4. The van der Waals surface area contributed by atoms with Gasteiger partial charge in [-0.25, -0.2) is 16.8 Å². The summed E-state index contributed by atoms with van der Waals surface area (Å²) in [5.41, 5.74) is 0.533. The number of anilines is 1. The highest BCUT2D eigenvalue weighted by molar-refractivity contribution is 7.91. The van der Waals surface area contributed by atoms with Crippen LogP contribution in [-0.2, 0) is 24.7 Å². The predicted octanol–water partition coefficient (Wildman–Crippen LogP) is 1.73. The SMILES string of the molecule is Cc1noc(C)c1S(=O)(=O)N1CCC(C(=O)Nc2ccccc2S(C)(=O)=O)CC1. The molecule has 29 heavy (non-hydrogen) atoms. The van der Waals surface area contributed by atoms with Crippen molar-refractivity contribution >= 4 is 31.5 Å². The second-order valence-electron chi connectivity index (χ2n) is 7.09. The molecule has 1 aliphatic rings. The Bertz CT molecular complexity index is 1110. The Hall–Kier alpha value is -2.24. The van der Waals surface area contributed by atoms with Crippen molar-refractivity contribution in [1.29, 1.82) is 0 Å². The van der Waals surface area contributed by atoms with Gasteiger partial charge in [0.2, 0.25) is 15.9 Å². The molecule has 2 heterocycles. The van der Waals surface area contributed by atoms with Crippen molar-refractivity contribution in [3.63, 3.8) is 0 Å². The fourth-order valence-electron chi connectivity index (χ4n) is 3.46. The largest absolute Gasteiger partial charge is 0.360 e. The zero-order chi connectivity index (χ0) is 21.4. The summed E-state index contributed by atoms with van der Waals surface area (Å²) in [5.74, 6) is -0.506. The van der Waals surface area contributed by atoms with Crippen LogP contribution in [0.2, 0.25) is 0 Å². The maximum atomic E-state index is 12.9. The van der Waals surface area contributed by atoms with E-state index in [0.29, 0.717) is 18.5 Å². The first kappa shape index (κ1) is 21.5. The molecule has 0 saturated carbocycles. The number of nitrogens with one attached hydrogen (secondary N) is 1. The molecule has 9 nitrogen and oxygen atoms in total. The quantitative estimate of drug-likeness (QED) is 0.749. The summed E-state index contributed by atoms with van der Waals surface area (Å²) in [6, 6.07) is 6.20. The molecule has 1 aromatic carbocycles. The Morgan fingerprint density at radius 3 is 2.31 bits per heavy atom. The van der Waals surface area contributed by atoms with E-state index in [-0.39, 0.29) is 40.2 Å². The van der Waals surface area contributed by atoms with Crippen molar-refractivity contribution in [2.45, 2.75) is 36.5 Å². The molecule has 0 radical (unpaired) electrons. The lowest BCUT2D eigenvalue weighted by atomic mass is 9.97. The lowest BCUT2D eigenvalue weighted by Crippen LogP contribution is -2.41. The molecule has 1 saturated heterocycles. The molecule has 158 valence electrons. The summed E-state index contributed by atoms with van der Waals surface area (Å²) < 4.78 is 55.8. The number of aromatic nitrogens is 1. The normalized spacial score (nSPS) is 16.7. The van der Waals surface area contributed by atoms with Gasteiger partial charge in [-0.05, 0) is 38.8 Å². The standard InChI is InChI=1S/C18H23N3O6S2/c1-12-17(13(2)27-20-12)29(25,26)21-10-8-14(9-11-21)18(22)19-15-6-4-5-7-16(15)28(3,23)24/h4-7,14H,8-11H2,1-3H3,(H,19,22). The van der Waals surface area contributed by atoms with Gasteiger partial charge in [-0.3, -0.25) is 4.79 Å². The van der Waals surface area contributed by atoms with E-state index in [1.165, 1.54) is 16.4 Å². The van der Waals surface area contributed by atoms with Crippen molar-refractivity contribution in [2.24, 2.45) is 5.92 Å². The lowest BCUT2D eigenvalue weighted by molar-refractivity contribution is -0.120. The third kappa shape index (κ3) is 4.36. The molecule has 1 N–H and O–H groups in total. The van der Waals surface area contributed by atoms with E-state index in [9.17, 15) is 21.6 Å². The average molecular weight is 442 g/mol. The first-order chi connectivity index (χ1) is 13.5. The topological polar surface area (TPSA) is 127 Å². The maximum absolute atomic E-state index is 12.9. The van der Waals surface area contributed by atoms with E-state index < -0.39 is 25.8 Å². The van der Waals surface area contributed by atoms with Crippen molar-refractivity contribution in [3.8, 4) is 0 Å². The number of para-hydroxylation sites is 1. The van der Waals surface area contributed by atoms with E-state index >= 15 is 0 Å². The molecule has 3 rings (SSSR count). The molecule has 1 amide bonds. The number of amides is 1. The Balaban J connectivity index is 1.70. The Labute approximate surface area is 170 Å². The van der Waals surface area contributed by atoms with E-state index in [2.05, 4.69) is 10.5 Å². The number of carbonyl (C=O) groups is 1. The highest BCUT2D eigenvalue weighted by Gasteiger charge is 2.35. The fraction of sp³-hybridized carbons (Fsp3) is 0.444. The van der Waals surface area contributed by atoms with E-state index in [1.807, 2.05) is 0 Å². The zero-order valence-corrected chi connectivity index (χ0v) is 18.0.